The highest BCUT2D eigenvalue weighted by Crippen LogP contribution is 2.54. The van der Waals surface area contributed by atoms with Gasteiger partial charge in [0.05, 0.1) is 19.1 Å². The van der Waals surface area contributed by atoms with Crippen LogP contribution >= 0.6 is 0 Å². The van der Waals surface area contributed by atoms with Gasteiger partial charge in [0.2, 0.25) is 0 Å². The van der Waals surface area contributed by atoms with E-state index in [0.29, 0.717) is 11.8 Å². The van der Waals surface area contributed by atoms with Gasteiger partial charge in [0.15, 0.2) is 12.1 Å². The van der Waals surface area contributed by atoms with Gasteiger partial charge in [0, 0.05) is 26.1 Å². The molecular weight excluding hydrogens is 460 g/mol. The number of methoxy groups -OCH3 is 2. The molecule has 1 saturated carbocycles. The van der Waals surface area contributed by atoms with Gasteiger partial charge in [-0.05, 0) is 67.8 Å². The molecule has 0 aromatic rings. The summed E-state index contributed by atoms with van der Waals surface area (Å²) < 4.78 is 22.3. The van der Waals surface area contributed by atoms with Crippen molar-refractivity contribution in [3.05, 3.63) is 23.8 Å². The second kappa shape index (κ2) is 12.3. The molecule has 3 aliphatic carbocycles. The van der Waals surface area contributed by atoms with Crippen LogP contribution in [0.3, 0.4) is 0 Å². The number of allylic oxidation sites excluding steroid dienone is 4. The normalized spacial score (nSPS) is 38.6. The molecular formula is C29H44O7. The van der Waals surface area contributed by atoms with Gasteiger partial charge in [-0.3, -0.25) is 9.59 Å². The summed E-state index contributed by atoms with van der Waals surface area (Å²) in [4.78, 5) is 26.5. The zero-order valence-electron chi connectivity index (χ0n) is 22.3. The van der Waals surface area contributed by atoms with Crippen molar-refractivity contribution >= 4 is 11.8 Å². The molecule has 10 atom stereocenters. The third kappa shape index (κ3) is 5.95. The van der Waals surface area contributed by atoms with Crippen LogP contribution in [-0.2, 0) is 28.5 Å². The average Bonchev–Trinajstić information content (AvgIpc) is 3.43. The maximum absolute atomic E-state index is 13.6. The lowest BCUT2D eigenvalue weighted by Gasteiger charge is -2.34. The molecule has 1 saturated heterocycles. The van der Waals surface area contributed by atoms with E-state index in [0.717, 1.165) is 50.5 Å². The molecule has 2 fully saturated rings. The minimum Gasteiger partial charge on any atom is -0.462 e. The molecule has 4 rings (SSSR count). The van der Waals surface area contributed by atoms with Crippen LogP contribution in [0.15, 0.2) is 23.8 Å². The number of ether oxygens (including phenoxy) is 4. The van der Waals surface area contributed by atoms with Crippen molar-refractivity contribution < 1.29 is 33.6 Å². The maximum Gasteiger partial charge on any atom is 0.306 e. The summed E-state index contributed by atoms with van der Waals surface area (Å²) in [5.41, 5.74) is 0.831. The molecule has 4 aliphatic rings. The molecule has 0 amide bonds. The highest BCUT2D eigenvalue weighted by molar-refractivity contribution is 5.98. The topological polar surface area (TPSA) is 91.3 Å². The van der Waals surface area contributed by atoms with Gasteiger partial charge in [-0.15, -0.1) is 0 Å². The van der Waals surface area contributed by atoms with E-state index in [4.69, 9.17) is 18.9 Å². The van der Waals surface area contributed by atoms with Crippen LogP contribution < -0.4 is 0 Å². The molecule has 2 unspecified atom stereocenters. The number of carbonyl (C=O) groups excluding carboxylic acids is 2. The molecule has 1 heterocycles. The van der Waals surface area contributed by atoms with E-state index in [1.54, 1.807) is 7.11 Å². The lowest BCUT2D eigenvalue weighted by molar-refractivity contribution is -0.204. The Labute approximate surface area is 215 Å². The van der Waals surface area contributed by atoms with Crippen molar-refractivity contribution in [3.63, 3.8) is 0 Å². The lowest BCUT2D eigenvalue weighted by atomic mass is 9.70. The molecule has 0 aromatic heterocycles. The van der Waals surface area contributed by atoms with Gasteiger partial charge >= 0.3 is 5.97 Å². The van der Waals surface area contributed by atoms with Crippen molar-refractivity contribution in [2.45, 2.75) is 89.8 Å². The van der Waals surface area contributed by atoms with E-state index in [9.17, 15) is 14.7 Å². The number of cyclic esters (lactones) is 1. The maximum atomic E-state index is 13.6. The third-order valence-corrected chi connectivity index (χ3v) is 8.94. The SMILES string of the molecule is CC[C@H]1CCCC[C@@H](C)C(=O)C2=C[C@@H]3[C@@H](C=CC4C[C@@H](OC(O)[C@H](COC)OC)C[C@H]43)[C@@H]2CC(=O)O1. The van der Waals surface area contributed by atoms with Gasteiger partial charge in [-0.2, -0.15) is 0 Å². The van der Waals surface area contributed by atoms with Crippen LogP contribution in [0.25, 0.3) is 0 Å². The summed E-state index contributed by atoms with van der Waals surface area (Å²) in [5.74, 6) is 0.814. The number of ketones is 1. The Kier molecular flexibility index (Phi) is 9.42. The quantitative estimate of drug-likeness (QED) is 0.315. The Morgan fingerprint density at radius 1 is 1.11 bits per heavy atom. The van der Waals surface area contributed by atoms with E-state index >= 15 is 0 Å². The van der Waals surface area contributed by atoms with Crippen molar-refractivity contribution in [1.29, 1.82) is 0 Å². The number of aliphatic hydroxyl groups excluding tert-OH is 1. The predicted molar refractivity (Wildman–Crippen MR) is 135 cm³/mol. The van der Waals surface area contributed by atoms with Gasteiger partial charge in [-0.25, -0.2) is 0 Å². The highest BCUT2D eigenvalue weighted by Gasteiger charge is 2.50. The van der Waals surface area contributed by atoms with Crippen molar-refractivity contribution in [2.24, 2.45) is 35.5 Å². The third-order valence-electron chi connectivity index (χ3n) is 8.94. The first kappa shape index (κ1) is 27.5. The van der Waals surface area contributed by atoms with E-state index < -0.39 is 12.4 Å². The Hall–Kier alpha value is -1.54. The second-order valence-electron chi connectivity index (χ2n) is 11.2. The molecule has 7 nitrogen and oxygen atoms in total. The van der Waals surface area contributed by atoms with Crippen LogP contribution in [0.2, 0.25) is 0 Å². The molecule has 0 bridgehead atoms. The number of hydrogen-bond donors (Lipinski definition) is 1. The lowest BCUT2D eigenvalue weighted by Crippen LogP contribution is -2.36. The monoisotopic (exact) mass is 504 g/mol. The summed E-state index contributed by atoms with van der Waals surface area (Å²) in [6, 6.07) is 0. The molecule has 1 aliphatic heterocycles. The van der Waals surface area contributed by atoms with Crippen LogP contribution in [0.4, 0.5) is 0 Å². The first-order chi connectivity index (χ1) is 17.4. The first-order valence-electron chi connectivity index (χ1n) is 13.8. The van der Waals surface area contributed by atoms with Crippen LogP contribution in [-0.4, -0.2) is 62.3 Å². The minimum absolute atomic E-state index is 0.0317. The fraction of sp³-hybridized carbons (Fsp3) is 0.793. The van der Waals surface area contributed by atoms with Gasteiger partial charge < -0.3 is 24.1 Å². The summed E-state index contributed by atoms with van der Waals surface area (Å²) in [6.45, 7) is 4.36. The Balaban J connectivity index is 1.51. The van der Waals surface area contributed by atoms with Crippen molar-refractivity contribution in [1.82, 2.24) is 0 Å². The van der Waals surface area contributed by atoms with Crippen LogP contribution in [0, 0.1) is 35.5 Å². The number of hydrogen-bond acceptors (Lipinski definition) is 7. The summed E-state index contributed by atoms with van der Waals surface area (Å²) in [7, 11) is 3.11. The molecule has 36 heavy (non-hydrogen) atoms. The first-order valence-corrected chi connectivity index (χ1v) is 13.8. The smallest absolute Gasteiger partial charge is 0.306 e. The fourth-order valence-electron chi connectivity index (χ4n) is 6.91. The molecule has 0 aromatic carbocycles. The summed E-state index contributed by atoms with van der Waals surface area (Å²) in [6.07, 6.45) is 11.4. The summed E-state index contributed by atoms with van der Waals surface area (Å²) >= 11 is 0. The van der Waals surface area contributed by atoms with Crippen molar-refractivity contribution in [2.75, 3.05) is 20.8 Å². The number of Topliss-reactive ketones (excluding diaryl/α,β-unsaturated/α-hetero) is 1. The van der Waals surface area contributed by atoms with Crippen LogP contribution in [0.1, 0.15) is 65.2 Å². The van der Waals surface area contributed by atoms with E-state index in [2.05, 4.69) is 25.2 Å². The molecule has 202 valence electrons. The van der Waals surface area contributed by atoms with Gasteiger partial charge in [0.25, 0.3) is 0 Å². The fourth-order valence-corrected chi connectivity index (χ4v) is 6.91. The van der Waals surface area contributed by atoms with E-state index in [1.165, 1.54) is 7.11 Å². The largest absolute Gasteiger partial charge is 0.462 e. The zero-order valence-corrected chi connectivity index (χ0v) is 22.3. The number of fused-ring (bicyclic) bond motifs is 5. The molecule has 0 radical (unpaired) electrons. The molecule has 0 spiro atoms. The number of rotatable bonds is 7. The molecule has 1 N–H and O–H groups in total. The van der Waals surface area contributed by atoms with Gasteiger partial charge in [0.1, 0.15) is 12.2 Å². The number of carbonyl (C=O) groups is 2. The van der Waals surface area contributed by atoms with E-state index in [-0.39, 0.29) is 60.7 Å². The Morgan fingerprint density at radius 2 is 1.89 bits per heavy atom. The van der Waals surface area contributed by atoms with E-state index in [1.807, 2.05) is 6.92 Å². The molecule has 7 heteroatoms. The average molecular weight is 505 g/mol. The standard InChI is InChI=1S/C29H44O7/c1-5-19-9-7-6-8-17(2)28(31)25-14-23-21(24(25)15-27(30)35-19)11-10-18-12-20(13-22(18)23)36-29(32)26(34-4)16-33-3/h10-11,14,17-24,26,29,32H,5-9,12-13,15-16H2,1-4H3/t17-,18?,19+,20-,21-,22-,23-,24+,26+,29?/m1/s1. The summed E-state index contributed by atoms with van der Waals surface area (Å²) in [5, 5.41) is 10.5. The number of esters is 1. The van der Waals surface area contributed by atoms with Crippen LogP contribution in [0.5, 0.6) is 0 Å². The highest BCUT2D eigenvalue weighted by atomic mass is 16.6. The second-order valence-corrected chi connectivity index (χ2v) is 11.2. The number of aliphatic hydroxyl groups is 1. The Bertz CT molecular complexity index is 835. The van der Waals surface area contributed by atoms with Gasteiger partial charge in [-0.1, -0.05) is 38.5 Å². The minimum atomic E-state index is -1.06. The Morgan fingerprint density at radius 3 is 2.61 bits per heavy atom. The predicted octanol–water partition coefficient (Wildman–Crippen LogP) is 4.23. The van der Waals surface area contributed by atoms with Crippen molar-refractivity contribution in [3.8, 4) is 0 Å². The zero-order chi connectivity index (χ0) is 25.8.